The topological polar surface area (TPSA) is 50.1 Å². The maximum Gasteiger partial charge on any atom is 0.310 e. The standard InChI is InChI=1S/C13H12ClF2NO2/c1-2-19-11(18)5-8-3-4-9(6-14)10(7-17)12(8)13(15)16/h3-4,13H,2,5-6H2,1H3. The van der Waals surface area contributed by atoms with E-state index in [0.29, 0.717) is 5.56 Å². The lowest BCUT2D eigenvalue weighted by atomic mass is 9.95. The molecule has 0 bridgehead atoms. The number of esters is 1. The highest BCUT2D eigenvalue weighted by Gasteiger charge is 2.22. The summed E-state index contributed by atoms with van der Waals surface area (Å²) in [4.78, 5) is 11.4. The lowest BCUT2D eigenvalue weighted by Crippen LogP contribution is -2.11. The van der Waals surface area contributed by atoms with Gasteiger partial charge in [-0.25, -0.2) is 8.78 Å². The average molecular weight is 288 g/mol. The molecule has 0 aliphatic heterocycles. The molecule has 0 saturated carbocycles. The number of carbonyl (C=O) groups excluding carboxylic acids is 1. The van der Waals surface area contributed by atoms with E-state index in [1.54, 1.807) is 13.0 Å². The maximum atomic E-state index is 13.1. The molecule has 0 N–H and O–H groups in total. The third kappa shape index (κ3) is 3.65. The summed E-state index contributed by atoms with van der Waals surface area (Å²) in [5.41, 5.74) is -0.175. The van der Waals surface area contributed by atoms with E-state index < -0.39 is 18.0 Å². The molecule has 0 aliphatic carbocycles. The predicted octanol–water partition coefficient (Wildman–Crippen LogP) is 3.34. The van der Waals surface area contributed by atoms with Crippen LogP contribution in [-0.2, 0) is 21.8 Å². The van der Waals surface area contributed by atoms with Crippen LogP contribution in [0.5, 0.6) is 0 Å². The Morgan fingerprint density at radius 2 is 2.11 bits per heavy atom. The van der Waals surface area contributed by atoms with Gasteiger partial charge in [0.15, 0.2) is 0 Å². The Morgan fingerprint density at radius 3 is 2.58 bits per heavy atom. The minimum Gasteiger partial charge on any atom is -0.466 e. The van der Waals surface area contributed by atoms with Gasteiger partial charge in [0.1, 0.15) is 0 Å². The zero-order valence-corrected chi connectivity index (χ0v) is 11.0. The summed E-state index contributed by atoms with van der Waals surface area (Å²) in [6, 6.07) is 4.59. The van der Waals surface area contributed by atoms with Crippen LogP contribution in [0.3, 0.4) is 0 Å². The maximum absolute atomic E-state index is 13.1. The molecule has 0 heterocycles. The minimum atomic E-state index is -2.85. The molecule has 1 rings (SSSR count). The Bertz CT molecular complexity index is 512. The van der Waals surface area contributed by atoms with E-state index in [1.165, 1.54) is 12.1 Å². The Morgan fingerprint density at radius 1 is 1.47 bits per heavy atom. The van der Waals surface area contributed by atoms with Gasteiger partial charge in [0.25, 0.3) is 6.43 Å². The second-order valence-corrected chi connectivity index (χ2v) is 3.97. The molecular weight excluding hydrogens is 276 g/mol. The molecule has 1 aromatic rings. The summed E-state index contributed by atoms with van der Waals surface area (Å²) in [6.07, 6.45) is -3.13. The summed E-state index contributed by atoms with van der Waals surface area (Å²) >= 11 is 5.61. The predicted molar refractivity (Wildman–Crippen MR) is 66.0 cm³/mol. The van der Waals surface area contributed by atoms with Gasteiger partial charge in [-0.05, 0) is 18.1 Å². The Hall–Kier alpha value is -1.67. The lowest BCUT2D eigenvalue weighted by Gasteiger charge is -2.12. The Balaban J connectivity index is 3.25. The van der Waals surface area contributed by atoms with Gasteiger partial charge < -0.3 is 4.74 Å². The largest absolute Gasteiger partial charge is 0.466 e. The van der Waals surface area contributed by atoms with Crippen molar-refractivity contribution in [3.05, 3.63) is 34.4 Å². The Kier molecular flexibility index (Phi) is 5.71. The van der Waals surface area contributed by atoms with Crippen molar-refractivity contribution in [2.75, 3.05) is 6.61 Å². The first-order valence-corrected chi connectivity index (χ1v) is 6.13. The number of benzene rings is 1. The molecule has 0 aliphatic rings. The van der Waals surface area contributed by atoms with Crippen LogP contribution in [0.4, 0.5) is 8.78 Å². The summed E-state index contributed by atoms with van der Waals surface area (Å²) < 4.78 is 30.9. The van der Waals surface area contributed by atoms with E-state index in [2.05, 4.69) is 0 Å². The molecule has 0 unspecified atom stereocenters. The molecule has 102 valence electrons. The van der Waals surface area contributed by atoms with Crippen molar-refractivity contribution >= 4 is 17.6 Å². The molecule has 0 spiro atoms. The van der Waals surface area contributed by atoms with Gasteiger partial charge in [0, 0.05) is 11.4 Å². The molecule has 0 atom stereocenters. The zero-order valence-electron chi connectivity index (χ0n) is 10.3. The molecule has 0 fully saturated rings. The van der Waals surface area contributed by atoms with Gasteiger partial charge in [-0.2, -0.15) is 5.26 Å². The first kappa shape index (κ1) is 15.4. The molecule has 0 radical (unpaired) electrons. The van der Waals surface area contributed by atoms with Gasteiger partial charge in [0.2, 0.25) is 0 Å². The average Bonchev–Trinajstić information content (AvgIpc) is 2.37. The highest BCUT2D eigenvalue weighted by Crippen LogP contribution is 2.30. The van der Waals surface area contributed by atoms with Crippen LogP contribution < -0.4 is 0 Å². The van der Waals surface area contributed by atoms with Crippen molar-refractivity contribution in [1.29, 1.82) is 5.26 Å². The number of halogens is 3. The number of hydrogen-bond donors (Lipinski definition) is 0. The number of nitriles is 1. The van der Waals surface area contributed by atoms with E-state index >= 15 is 0 Å². The monoisotopic (exact) mass is 287 g/mol. The fourth-order valence-electron chi connectivity index (χ4n) is 1.72. The molecular formula is C13H12ClF2NO2. The lowest BCUT2D eigenvalue weighted by molar-refractivity contribution is -0.142. The number of ether oxygens (including phenoxy) is 1. The van der Waals surface area contributed by atoms with Gasteiger partial charge >= 0.3 is 5.97 Å². The fraction of sp³-hybridized carbons (Fsp3) is 0.385. The van der Waals surface area contributed by atoms with Crippen LogP contribution in [0.2, 0.25) is 0 Å². The van der Waals surface area contributed by atoms with Gasteiger partial charge in [-0.15, -0.1) is 11.6 Å². The van der Waals surface area contributed by atoms with Gasteiger partial charge in [0.05, 0.1) is 24.7 Å². The third-order valence-electron chi connectivity index (χ3n) is 2.54. The molecule has 3 nitrogen and oxygen atoms in total. The van der Waals surface area contributed by atoms with Crippen molar-refractivity contribution in [1.82, 2.24) is 0 Å². The highest BCUT2D eigenvalue weighted by atomic mass is 35.5. The summed E-state index contributed by atoms with van der Waals surface area (Å²) in [7, 11) is 0. The normalized spacial score (nSPS) is 10.3. The first-order chi connectivity index (χ1) is 9.04. The number of nitrogens with zero attached hydrogens (tertiary/aromatic N) is 1. The number of carbonyl (C=O) groups is 1. The Labute approximate surface area is 114 Å². The van der Waals surface area contributed by atoms with Crippen molar-refractivity contribution in [3.63, 3.8) is 0 Å². The van der Waals surface area contributed by atoms with Gasteiger partial charge in [-0.1, -0.05) is 12.1 Å². The van der Waals surface area contributed by atoms with Crippen LogP contribution >= 0.6 is 11.6 Å². The molecule has 0 saturated heterocycles. The minimum absolute atomic E-state index is 0.0394. The smallest absolute Gasteiger partial charge is 0.310 e. The SMILES string of the molecule is CCOC(=O)Cc1ccc(CCl)c(C#N)c1C(F)F. The molecule has 0 amide bonds. The van der Waals surface area contributed by atoms with Crippen LogP contribution in [0.25, 0.3) is 0 Å². The summed E-state index contributed by atoms with van der Waals surface area (Å²) in [5, 5.41) is 8.98. The summed E-state index contributed by atoms with van der Waals surface area (Å²) in [6.45, 7) is 1.80. The van der Waals surface area contributed by atoms with Crippen LogP contribution in [-0.4, -0.2) is 12.6 Å². The summed E-state index contributed by atoms with van der Waals surface area (Å²) in [5.74, 6) is -0.644. The van der Waals surface area contributed by atoms with Crippen molar-refractivity contribution < 1.29 is 18.3 Å². The van der Waals surface area contributed by atoms with Crippen LogP contribution in [0.1, 0.15) is 35.6 Å². The number of alkyl halides is 3. The molecule has 19 heavy (non-hydrogen) atoms. The molecule has 6 heteroatoms. The molecule has 0 aromatic heterocycles. The second kappa shape index (κ2) is 7.05. The second-order valence-electron chi connectivity index (χ2n) is 3.70. The zero-order chi connectivity index (χ0) is 14.4. The first-order valence-electron chi connectivity index (χ1n) is 5.59. The number of rotatable bonds is 5. The van der Waals surface area contributed by atoms with E-state index in [0.717, 1.165) is 0 Å². The third-order valence-corrected chi connectivity index (χ3v) is 2.82. The van der Waals surface area contributed by atoms with E-state index in [-0.39, 0.29) is 30.0 Å². The van der Waals surface area contributed by atoms with Crippen LogP contribution in [0, 0.1) is 11.3 Å². The highest BCUT2D eigenvalue weighted by molar-refractivity contribution is 6.17. The van der Waals surface area contributed by atoms with Crippen molar-refractivity contribution in [2.45, 2.75) is 25.7 Å². The quantitative estimate of drug-likeness (QED) is 0.616. The van der Waals surface area contributed by atoms with E-state index in [1.807, 2.05) is 0 Å². The van der Waals surface area contributed by atoms with Crippen LogP contribution in [0.15, 0.2) is 12.1 Å². The fourth-order valence-corrected chi connectivity index (χ4v) is 1.94. The van der Waals surface area contributed by atoms with E-state index in [4.69, 9.17) is 21.6 Å². The van der Waals surface area contributed by atoms with Crippen molar-refractivity contribution in [2.24, 2.45) is 0 Å². The van der Waals surface area contributed by atoms with Crippen molar-refractivity contribution in [3.8, 4) is 6.07 Å². The molecule has 1 aromatic carbocycles. The van der Waals surface area contributed by atoms with Gasteiger partial charge in [-0.3, -0.25) is 4.79 Å². The van der Waals surface area contributed by atoms with E-state index in [9.17, 15) is 13.6 Å². The number of hydrogen-bond acceptors (Lipinski definition) is 3.